The Hall–Kier alpha value is -1.32. The third kappa shape index (κ3) is 4.08. The molecule has 2 nitrogen and oxygen atoms in total. The first kappa shape index (κ1) is 14.6. The maximum atomic E-state index is 5.94. The molecule has 0 bridgehead atoms. The van der Waals surface area contributed by atoms with Gasteiger partial charge in [0.15, 0.2) is 0 Å². The van der Waals surface area contributed by atoms with Gasteiger partial charge in [0.25, 0.3) is 0 Å². The number of benzene rings is 2. The summed E-state index contributed by atoms with van der Waals surface area (Å²) in [7, 11) is 0. The second-order valence-electron chi connectivity index (χ2n) is 5.51. The molecule has 0 aromatic heterocycles. The van der Waals surface area contributed by atoms with Gasteiger partial charge in [0.2, 0.25) is 0 Å². The van der Waals surface area contributed by atoms with Gasteiger partial charge in [-0.3, -0.25) is 0 Å². The highest BCUT2D eigenvalue weighted by atomic mass is 79.9. The van der Waals surface area contributed by atoms with E-state index in [2.05, 4.69) is 46.4 Å². The fraction of sp³-hybridized carbons (Fsp3) is 0.333. The van der Waals surface area contributed by atoms with E-state index >= 15 is 0 Å². The standard InChI is InChI=1S/C18H20BrNO/c1-2-13-4-3-5-16(10-13)21-17-9-6-14(18(19)11-17)12-20-15-7-8-15/h3-6,9-11,15,20H,2,7-8,12H2,1H3. The number of hydrogen-bond acceptors (Lipinski definition) is 2. The summed E-state index contributed by atoms with van der Waals surface area (Å²) in [5.41, 5.74) is 2.56. The summed E-state index contributed by atoms with van der Waals surface area (Å²) in [6.07, 6.45) is 3.64. The van der Waals surface area contributed by atoms with Gasteiger partial charge in [-0.2, -0.15) is 0 Å². The lowest BCUT2D eigenvalue weighted by Gasteiger charge is -2.10. The fourth-order valence-electron chi connectivity index (χ4n) is 2.24. The Balaban J connectivity index is 1.68. The van der Waals surface area contributed by atoms with Crippen molar-refractivity contribution in [3.8, 4) is 11.5 Å². The van der Waals surface area contributed by atoms with E-state index in [0.29, 0.717) is 0 Å². The number of ether oxygens (including phenoxy) is 1. The summed E-state index contributed by atoms with van der Waals surface area (Å²) in [5, 5.41) is 3.53. The van der Waals surface area contributed by atoms with Gasteiger partial charge in [0, 0.05) is 17.1 Å². The van der Waals surface area contributed by atoms with Gasteiger partial charge < -0.3 is 10.1 Å². The number of halogens is 1. The van der Waals surface area contributed by atoms with Crippen LogP contribution in [0.4, 0.5) is 0 Å². The highest BCUT2D eigenvalue weighted by molar-refractivity contribution is 9.10. The molecule has 0 atom stereocenters. The van der Waals surface area contributed by atoms with Gasteiger partial charge in [-0.25, -0.2) is 0 Å². The number of hydrogen-bond donors (Lipinski definition) is 1. The molecule has 1 aliphatic rings. The van der Waals surface area contributed by atoms with Crippen molar-refractivity contribution in [3.05, 3.63) is 58.1 Å². The molecular weight excluding hydrogens is 326 g/mol. The molecule has 2 aromatic carbocycles. The normalized spacial score (nSPS) is 14.2. The zero-order chi connectivity index (χ0) is 14.7. The van der Waals surface area contributed by atoms with Crippen LogP contribution in [0.2, 0.25) is 0 Å². The van der Waals surface area contributed by atoms with Crippen LogP contribution in [0.5, 0.6) is 11.5 Å². The van der Waals surface area contributed by atoms with E-state index in [0.717, 1.165) is 35.0 Å². The molecule has 1 fully saturated rings. The van der Waals surface area contributed by atoms with Crippen molar-refractivity contribution in [2.45, 2.75) is 38.8 Å². The molecule has 2 aromatic rings. The van der Waals surface area contributed by atoms with Crippen LogP contribution in [0.1, 0.15) is 30.9 Å². The lowest BCUT2D eigenvalue weighted by atomic mass is 10.1. The van der Waals surface area contributed by atoms with Gasteiger partial charge in [0.05, 0.1) is 0 Å². The molecule has 0 spiro atoms. The average molecular weight is 346 g/mol. The van der Waals surface area contributed by atoms with Crippen LogP contribution in [0.15, 0.2) is 46.9 Å². The Labute approximate surface area is 134 Å². The Morgan fingerprint density at radius 1 is 1.14 bits per heavy atom. The molecule has 0 unspecified atom stereocenters. The second kappa shape index (κ2) is 6.63. The number of nitrogens with one attached hydrogen (secondary N) is 1. The molecular formula is C18H20BrNO. The van der Waals surface area contributed by atoms with Gasteiger partial charge in [-0.1, -0.05) is 41.1 Å². The molecule has 3 heteroatoms. The summed E-state index contributed by atoms with van der Waals surface area (Å²) in [6, 6.07) is 15.2. The van der Waals surface area contributed by atoms with Crippen molar-refractivity contribution in [2.75, 3.05) is 0 Å². The van der Waals surface area contributed by atoms with Crippen molar-refractivity contribution >= 4 is 15.9 Å². The van der Waals surface area contributed by atoms with Crippen molar-refractivity contribution in [1.82, 2.24) is 5.32 Å². The van der Waals surface area contributed by atoms with Crippen LogP contribution in [-0.4, -0.2) is 6.04 Å². The maximum Gasteiger partial charge on any atom is 0.128 e. The lowest BCUT2D eigenvalue weighted by Crippen LogP contribution is -2.15. The predicted octanol–water partition coefficient (Wildman–Crippen LogP) is 5.06. The first-order valence-corrected chi connectivity index (χ1v) is 8.32. The third-order valence-electron chi connectivity index (χ3n) is 3.73. The molecule has 0 amide bonds. The van der Waals surface area contributed by atoms with E-state index in [1.54, 1.807) is 0 Å². The summed E-state index contributed by atoms with van der Waals surface area (Å²) in [5.74, 6) is 1.76. The average Bonchev–Trinajstić information content (AvgIpc) is 3.31. The minimum Gasteiger partial charge on any atom is -0.457 e. The third-order valence-corrected chi connectivity index (χ3v) is 4.46. The largest absolute Gasteiger partial charge is 0.457 e. The van der Waals surface area contributed by atoms with E-state index in [1.165, 1.54) is 24.0 Å². The summed E-state index contributed by atoms with van der Waals surface area (Å²) in [4.78, 5) is 0. The van der Waals surface area contributed by atoms with Crippen LogP contribution in [0, 0.1) is 0 Å². The number of aryl methyl sites for hydroxylation is 1. The van der Waals surface area contributed by atoms with Gasteiger partial charge >= 0.3 is 0 Å². The molecule has 1 saturated carbocycles. The highest BCUT2D eigenvalue weighted by Gasteiger charge is 2.20. The van der Waals surface area contributed by atoms with Crippen LogP contribution in [0.25, 0.3) is 0 Å². The minimum absolute atomic E-state index is 0.726. The smallest absolute Gasteiger partial charge is 0.128 e. The summed E-state index contributed by atoms with van der Waals surface area (Å²) in [6.45, 7) is 3.06. The zero-order valence-electron chi connectivity index (χ0n) is 12.2. The Kier molecular flexibility index (Phi) is 4.61. The predicted molar refractivity (Wildman–Crippen MR) is 89.9 cm³/mol. The topological polar surface area (TPSA) is 21.3 Å². The molecule has 0 radical (unpaired) electrons. The highest BCUT2D eigenvalue weighted by Crippen LogP contribution is 2.28. The SMILES string of the molecule is CCc1cccc(Oc2ccc(CNC3CC3)c(Br)c2)c1. The Morgan fingerprint density at radius 3 is 2.67 bits per heavy atom. The second-order valence-corrected chi connectivity index (χ2v) is 6.37. The van der Waals surface area contributed by atoms with Gasteiger partial charge in [-0.05, 0) is 54.7 Å². The minimum atomic E-state index is 0.726. The van der Waals surface area contributed by atoms with E-state index in [-0.39, 0.29) is 0 Å². The van der Waals surface area contributed by atoms with E-state index in [9.17, 15) is 0 Å². The summed E-state index contributed by atoms with van der Waals surface area (Å²) >= 11 is 3.64. The Morgan fingerprint density at radius 2 is 1.95 bits per heavy atom. The molecule has 0 aliphatic heterocycles. The Bertz CT molecular complexity index is 622. The molecule has 21 heavy (non-hydrogen) atoms. The summed E-state index contributed by atoms with van der Waals surface area (Å²) < 4.78 is 7.04. The molecule has 0 saturated heterocycles. The van der Waals surface area contributed by atoms with Crippen molar-refractivity contribution in [3.63, 3.8) is 0 Å². The molecule has 0 heterocycles. The lowest BCUT2D eigenvalue weighted by molar-refractivity contribution is 0.481. The van der Waals surface area contributed by atoms with E-state index < -0.39 is 0 Å². The van der Waals surface area contributed by atoms with E-state index in [4.69, 9.17) is 4.74 Å². The maximum absolute atomic E-state index is 5.94. The van der Waals surface area contributed by atoms with Gasteiger partial charge in [0.1, 0.15) is 11.5 Å². The molecule has 1 N–H and O–H groups in total. The van der Waals surface area contributed by atoms with Gasteiger partial charge in [-0.15, -0.1) is 0 Å². The first-order chi connectivity index (χ1) is 10.2. The molecule has 110 valence electrons. The van der Waals surface area contributed by atoms with Crippen LogP contribution >= 0.6 is 15.9 Å². The molecule has 3 rings (SSSR count). The van der Waals surface area contributed by atoms with Crippen molar-refractivity contribution in [1.29, 1.82) is 0 Å². The number of rotatable bonds is 6. The van der Waals surface area contributed by atoms with Crippen LogP contribution in [-0.2, 0) is 13.0 Å². The van der Waals surface area contributed by atoms with Crippen molar-refractivity contribution < 1.29 is 4.74 Å². The van der Waals surface area contributed by atoms with Crippen molar-refractivity contribution in [2.24, 2.45) is 0 Å². The van der Waals surface area contributed by atoms with Crippen LogP contribution in [0.3, 0.4) is 0 Å². The van der Waals surface area contributed by atoms with E-state index in [1.807, 2.05) is 24.3 Å². The zero-order valence-corrected chi connectivity index (χ0v) is 13.8. The fourth-order valence-corrected chi connectivity index (χ4v) is 2.74. The van der Waals surface area contributed by atoms with Crippen LogP contribution < -0.4 is 10.1 Å². The monoisotopic (exact) mass is 345 g/mol. The molecule has 1 aliphatic carbocycles. The quantitative estimate of drug-likeness (QED) is 0.790. The first-order valence-electron chi connectivity index (χ1n) is 7.53.